The highest BCUT2D eigenvalue weighted by Crippen LogP contribution is 2.04. The van der Waals surface area contributed by atoms with Gasteiger partial charge in [-0.25, -0.2) is 0 Å². The monoisotopic (exact) mass is 290 g/mol. The summed E-state index contributed by atoms with van der Waals surface area (Å²) < 4.78 is 0. The van der Waals surface area contributed by atoms with Gasteiger partial charge < -0.3 is 0 Å². The smallest absolute Gasteiger partial charge is 0.203 e. The Morgan fingerprint density at radius 2 is 0.900 bits per heavy atom. The Balaban J connectivity index is 0. The molecule has 0 aromatic heterocycles. The molecule has 0 aromatic carbocycles. The van der Waals surface area contributed by atoms with Crippen molar-refractivity contribution in [2.45, 2.75) is 78.1 Å². The number of unbranched alkanes of at least 4 members (excludes halogenated alkanes) is 8. The van der Waals surface area contributed by atoms with Crippen molar-refractivity contribution in [3.8, 4) is 0 Å². The lowest BCUT2D eigenvalue weighted by Crippen LogP contribution is -1.99. The Morgan fingerprint density at radius 1 is 0.600 bits per heavy atom. The van der Waals surface area contributed by atoms with Crippen molar-refractivity contribution in [2.24, 2.45) is 0 Å². The van der Waals surface area contributed by atoms with Gasteiger partial charge in [-0.3, -0.25) is 20.2 Å². The highest BCUT2D eigenvalue weighted by Gasteiger charge is 1.95. The van der Waals surface area contributed by atoms with Gasteiger partial charge in [0.2, 0.25) is 13.1 Å². The zero-order chi connectivity index (χ0) is 15.6. The summed E-state index contributed by atoms with van der Waals surface area (Å²) in [5.74, 6) is 0. The van der Waals surface area contributed by atoms with Gasteiger partial charge in [-0.15, -0.1) is 0 Å². The molecule has 120 valence electrons. The minimum atomic E-state index is -0.254. The molecule has 0 saturated heterocycles. The van der Waals surface area contributed by atoms with Crippen molar-refractivity contribution in [1.29, 1.82) is 0 Å². The third-order valence-corrected chi connectivity index (χ3v) is 2.89. The number of nitrogens with zero attached hydrogens (tertiary/aromatic N) is 2. The maximum atomic E-state index is 9.89. The van der Waals surface area contributed by atoms with Gasteiger partial charge in [-0.05, 0) is 12.8 Å². The first-order valence-electron chi connectivity index (χ1n) is 7.78. The summed E-state index contributed by atoms with van der Waals surface area (Å²) in [4.78, 5) is 19.2. The first kappa shape index (κ1) is 21.1. The van der Waals surface area contributed by atoms with Crippen LogP contribution in [0.5, 0.6) is 0 Å². The number of rotatable bonds is 12. The quantitative estimate of drug-likeness (QED) is 0.301. The van der Waals surface area contributed by atoms with Crippen molar-refractivity contribution in [1.82, 2.24) is 0 Å². The molecule has 0 N–H and O–H groups in total. The molecule has 6 heteroatoms. The Kier molecular flexibility index (Phi) is 18.8. The number of hydrogen-bond donors (Lipinski definition) is 0. The van der Waals surface area contributed by atoms with Crippen LogP contribution in [0.1, 0.15) is 78.1 Å². The fourth-order valence-electron chi connectivity index (χ4n) is 1.69. The molecule has 0 radical (unpaired) electrons. The van der Waals surface area contributed by atoms with E-state index in [0.717, 1.165) is 44.9 Å². The number of nitro groups is 2. The van der Waals surface area contributed by atoms with Gasteiger partial charge in [0.25, 0.3) is 0 Å². The second-order valence-electron chi connectivity index (χ2n) is 4.94. The van der Waals surface area contributed by atoms with Gasteiger partial charge in [0.15, 0.2) is 0 Å². The topological polar surface area (TPSA) is 86.3 Å². The average Bonchev–Trinajstić information content (AvgIpc) is 2.39. The maximum Gasteiger partial charge on any atom is 0.203 e. The molecule has 0 spiro atoms. The highest BCUT2D eigenvalue weighted by atomic mass is 16.6. The van der Waals surface area contributed by atoms with Gasteiger partial charge in [-0.1, -0.05) is 52.4 Å². The third kappa shape index (κ3) is 25.6. The largest absolute Gasteiger partial charge is 0.265 e. The Labute approximate surface area is 122 Å². The summed E-state index contributed by atoms with van der Waals surface area (Å²) in [6, 6.07) is 0. The predicted molar refractivity (Wildman–Crippen MR) is 81.2 cm³/mol. The molecule has 6 nitrogen and oxygen atoms in total. The fourth-order valence-corrected chi connectivity index (χ4v) is 1.69. The van der Waals surface area contributed by atoms with E-state index in [1.807, 2.05) is 0 Å². The SMILES string of the molecule is CCCCCCCC[N+](=O)[O-].CCCCCC[N+](=O)[O-]. The van der Waals surface area contributed by atoms with Crippen LogP contribution in [0, 0.1) is 20.2 Å². The van der Waals surface area contributed by atoms with E-state index in [4.69, 9.17) is 0 Å². The summed E-state index contributed by atoms with van der Waals surface area (Å²) in [5.41, 5.74) is 0. The highest BCUT2D eigenvalue weighted by molar-refractivity contribution is 4.42. The molecule has 0 unspecified atom stereocenters. The van der Waals surface area contributed by atoms with Crippen molar-refractivity contribution in [3.63, 3.8) is 0 Å². The maximum absolute atomic E-state index is 9.89. The van der Waals surface area contributed by atoms with E-state index in [0.29, 0.717) is 0 Å². The summed E-state index contributed by atoms with van der Waals surface area (Å²) in [6.07, 6.45) is 10.6. The van der Waals surface area contributed by atoms with Gasteiger partial charge in [-0.2, -0.15) is 0 Å². The lowest BCUT2D eigenvalue weighted by Gasteiger charge is -1.96. The van der Waals surface area contributed by atoms with Gasteiger partial charge in [0.1, 0.15) is 0 Å². The Morgan fingerprint density at radius 3 is 1.25 bits per heavy atom. The van der Waals surface area contributed by atoms with Crippen LogP contribution in [0.2, 0.25) is 0 Å². The van der Waals surface area contributed by atoms with Gasteiger partial charge in [0.05, 0.1) is 0 Å². The van der Waals surface area contributed by atoms with Crippen LogP contribution in [0.15, 0.2) is 0 Å². The Bertz CT molecular complexity index is 235. The van der Waals surface area contributed by atoms with E-state index >= 15 is 0 Å². The first-order chi connectivity index (χ1) is 9.54. The summed E-state index contributed by atoms with van der Waals surface area (Å²) >= 11 is 0. The number of hydrogen-bond acceptors (Lipinski definition) is 4. The Hall–Kier alpha value is -1.20. The van der Waals surface area contributed by atoms with Crippen LogP contribution in [0.4, 0.5) is 0 Å². The van der Waals surface area contributed by atoms with E-state index in [9.17, 15) is 20.2 Å². The summed E-state index contributed by atoms with van der Waals surface area (Å²) in [7, 11) is 0. The second-order valence-corrected chi connectivity index (χ2v) is 4.94. The van der Waals surface area contributed by atoms with Crippen LogP contribution in [-0.4, -0.2) is 22.9 Å². The van der Waals surface area contributed by atoms with Crippen molar-refractivity contribution >= 4 is 0 Å². The summed E-state index contributed by atoms with van der Waals surface area (Å²) in [6.45, 7) is 4.54. The van der Waals surface area contributed by atoms with Crippen molar-refractivity contribution in [2.75, 3.05) is 13.1 Å². The molecular weight excluding hydrogens is 260 g/mol. The normalized spacial score (nSPS) is 9.70. The minimum Gasteiger partial charge on any atom is -0.265 e. The standard InChI is InChI=1S/C8H17NO2.C6H13NO2/c1-2-3-4-5-6-7-8-9(10)11;1-2-3-4-5-6-7(8)9/h2-8H2,1H3;2-6H2,1H3. The van der Waals surface area contributed by atoms with Crippen LogP contribution < -0.4 is 0 Å². The molecule has 0 aliphatic carbocycles. The van der Waals surface area contributed by atoms with Crippen LogP contribution >= 0.6 is 0 Å². The molecular formula is C14H30N2O4. The van der Waals surface area contributed by atoms with E-state index in [1.54, 1.807) is 0 Å². The zero-order valence-corrected chi connectivity index (χ0v) is 13.0. The van der Waals surface area contributed by atoms with E-state index in [-0.39, 0.29) is 22.9 Å². The average molecular weight is 290 g/mol. The molecule has 0 rings (SSSR count). The van der Waals surface area contributed by atoms with Crippen molar-refractivity contribution < 1.29 is 9.85 Å². The molecule has 0 aliphatic heterocycles. The molecule has 0 amide bonds. The molecule has 0 atom stereocenters. The minimum absolute atomic E-state index is 0.139. The van der Waals surface area contributed by atoms with E-state index in [2.05, 4.69) is 13.8 Å². The van der Waals surface area contributed by atoms with Crippen molar-refractivity contribution in [3.05, 3.63) is 20.2 Å². The molecule has 0 saturated carbocycles. The first-order valence-corrected chi connectivity index (χ1v) is 7.78. The predicted octanol–water partition coefficient (Wildman–Crippen LogP) is 4.47. The van der Waals surface area contributed by atoms with Crippen LogP contribution in [0.25, 0.3) is 0 Å². The third-order valence-electron chi connectivity index (χ3n) is 2.89. The second kappa shape index (κ2) is 17.8. The fraction of sp³-hybridized carbons (Fsp3) is 1.00. The molecule has 0 aliphatic rings. The van der Waals surface area contributed by atoms with Crippen LogP contribution in [-0.2, 0) is 0 Å². The summed E-state index contributed by atoms with van der Waals surface area (Å²) in [5, 5.41) is 19.7. The van der Waals surface area contributed by atoms with E-state index in [1.165, 1.54) is 19.3 Å². The lowest BCUT2D eigenvalue weighted by molar-refractivity contribution is -0.480. The molecule has 0 aromatic rings. The molecule has 0 heterocycles. The van der Waals surface area contributed by atoms with E-state index < -0.39 is 0 Å². The lowest BCUT2D eigenvalue weighted by atomic mass is 10.1. The molecule has 20 heavy (non-hydrogen) atoms. The molecule has 0 bridgehead atoms. The van der Waals surface area contributed by atoms with Crippen LogP contribution in [0.3, 0.4) is 0 Å². The van der Waals surface area contributed by atoms with Gasteiger partial charge in [0, 0.05) is 22.7 Å². The van der Waals surface area contributed by atoms with Gasteiger partial charge >= 0.3 is 0 Å². The molecule has 0 fully saturated rings. The zero-order valence-electron chi connectivity index (χ0n) is 13.0.